The van der Waals surface area contributed by atoms with Crippen LogP contribution in [0.3, 0.4) is 0 Å². The van der Waals surface area contributed by atoms with Crippen molar-refractivity contribution in [1.29, 1.82) is 0 Å². The second-order valence-electron chi connectivity index (χ2n) is 4.28. The van der Waals surface area contributed by atoms with Crippen molar-refractivity contribution in [2.75, 3.05) is 17.2 Å². The number of halogens is 1. The van der Waals surface area contributed by atoms with E-state index in [1.54, 1.807) is 18.3 Å². The first kappa shape index (κ1) is 13.3. The molecule has 0 radical (unpaired) electrons. The molecule has 0 spiro atoms. The Labute approximate surface area is 112 Å². The lowest BCUT2D eigenvalue weighted by molar-refractivity contribution is 0.628. The number of hydrogen-bond donors (Lipinski definition) is 2. The highest BCUT2D eigenvalue weighted by Gasteiger charge is 2.04. The zero-order valence-corrected chi connectivity index (χ0v) is 11.1. The van der Waals surface area contributed by atoms with Gasteiger partial charge < -0.3 is 10.6 Å². The van der Waals surface area contributed by atoms with Crippen molar-refractivity contribution in [3.63, 3.8) is 0 Å². The van der Waals surface area contributed by atoms with Gasteiger partial charge in [-0.05, 0) is 37.6 Å². The van der Waals surface area contributed by atoms with Gasteiger partial charge in [-0.3, -0.25) is 0 Å². The van der Waals surface area contributed by atoms with E-state index in [0.29, 0.717) is 5.95 Å². The first-order valence-corrected chi connectivity index (χ1v) is 6.29. The maximum Gasteiger partial charge on any atom is 0.224 e. The zero-order valence-electron chi connectivity index (χ0n) is 11.1. The van der Waals surface area contributed by atoms with Gasteiger partial charge in [0.05, 0.1) is 0 Å². The molecule has 0 unspecified atom stereocenters. The Morgan fingerprint density at radius 1 is 1.21 bits per heavy atom. The second-order valence-corrected chi connectivity index (χ2v) is 4.28. The van der Waals surface area contributed by atoms with Crippen molar-refractivity contribution in [2.24, 2.45) is 0 Å². The number of nitrogens with one attached hydrogen (secondary N) is 2. The van der Waals surface area contributed by atoms with Gasteiger partial charge in [0.25, 0.3) is 0 Å². The summed E-state index contributed by atoms with van der Waals surface area (Å²) in [4.78, 5) is 8.61. The summed E-state index contributed by atoms with van der Waals surface area (Å²) in [5.41, 5.74) is 1.73. The molecule has 0 saturated carbocycles. The third kappa shape index (κ3) is 3.64. The van der Waals surface area contributed by atoms with Crippen LogP contribution in [0.1, 0.15) is 18.9 Å². The topological polar surface area (TPSA) is 49.8 Å². The van der Waals surface area contributed by atoms with Gasteiger partial charge in [0, 0.05) is 24.0 Å². The summed E-state index contributed by atoms with van der Waals surface area (Å²) in [6, 6.07) is 6.18. The Morgan fingerprint density at radius 2 is 1.95 bits per heavy atom. The van der Waals surface area contributed by atoms with Gasteiger partial charge in [-0.1, -0.05) is 6.92 Å². The van der Waals surface area contributed by atoms with Crippen LogP contribution in [-0.4, -0.2) is 16.5 Å². The molecule has 5 heteroatoms. The van der Waals surface area contributed by atoms with E-state index in [4.69, 9.17) is 0 Å². The Kier molecular flexibility index (Phi) is 4.28. The molecular formula is C14H17FN4. The number of benzene rings is 1. The monoisotopic (exact) mass is 260 g/mol. The van der Waals surface area contributed by atoms with Crippen LogP contribution >= 0.6 is 0 Å². The number of anilines is 3. The predicted octanol–water partition coefficient (Wildman–Crippen LogP) is 3.49. The van der Waals surface area contributed by atoms with Gasteiger partial charge >= 0.3 is 0 Å². The normalized spacial score (nSPS) is 10.3. The smallest absolute Gasteiger partial charge is 0.224 e. The molecule has 2 aromatic rings. The van der Waals surface area contributed by atoms with Crippen LogP contribution in [0.5, 0.6) is 0 Å². The largest absolute Gasteiger partial charge is 0.354 e. The molecule has 100 valence electrons. The Hall–Kier alpha value is -2.17. The Balaban J connectivity index is 2.16. The molecule has 4 nitrogen and oxygen atoms in total. The lowest BCUT2D eigenvalue weighted by Gasteiger charge is -2.10. The molecule has 19 heavy (non-hydrogen) atoms. The average molecular weight is 260 g/mol. The van der Waals surface area contributed by atoms with Gasteiger partial charge in [-0.2, -0.15) is 4.98 Å². The Morgan fingerprint density at radius 3 is 2.63 bits per heavy atom. The van der Waals surface area contributed by atoms with Gasteiger partial charge in [-0.15, -0.1) is 0 Å². The maximum absolute atomic E-state index is 12.8. The van der Waals surface area contributed by atoms with Crippen molar-refractivity contribution in [1.82, 2.24) is 9.97 Å². The van der Waals surface area contributed by atoms with Crippen molar-refractivity contribution < 1.29 is 4.39 Å². The molecular weight excluding hydrogens is 243 g/mol. The number of aromatic nitrogens is 2. The summed E-state index contributed by atoms with van der Waals surface area (Å²) in [6.07, 6.45) is 2.77. The summed E-state index contributed by atoms with van der Waals surface area (Å²) < 4.78 is 12.8. The quantitative estimate of drug-likeness (QED) is 0.864. The van der Waals surface area contributed by atoms with E-state index in [0.717, 1.165) is 30.0 Å². The van der Waals surface area contributed by atoms with E-state index in [1.165, 1.54) is 12.1 Å². The lowest BCUT2D eigenvalue weighted by atomic mass is 10.3. The standard InChI is InChI=1S/C14H17FN4/c1-3-8-16-14-17-9-10(2)13(19-14)18-12-6-4-11(15)5-7-12/h4-7,9H,3,8H2,1-2H3,(H2,16,17,18,19). The lowest BCUT2D eigenvalue weighted by Crippen LogP contribution is -2.06. The highest BCUT2D eigenvalue weighted by Crippen LogP contribution is 2.19. The van der Waals surface area contributed by atoms with Crippen LogP contribution in [-0.2, 0) is 0 Å². The van der Waals surface area contributed by atoms with E-state index in [-0.39, 0.29) is 5.82 Å². The molecule has 1 heterocycles. The van der Waals surface area contributed by atoms with Crippen LogP contribution < -0.4 is 10.6 Å². The number of aryl methyl sites for hydroxylation is 1. The first-order chi connectivity index (χ1) is 9.19. The van der Waals surface area contributed by atoms with Crippen LogP contribution in [0.15, 0.2) is 30.5 Å². The second kappa shape index (κ2) is 6.13. The minimum atomic E-state index is -0.254. The molecule has 2 rings (SSSR count). The van der Waals surface area contributed by atoms with Gasteiger partial charge in [0.2, 0.25) is 5.95 Å². The molecule has 0 atom stereocenters. The van der Waals surface area contributed by atoms with Crippen molar-refractivity contribution in [3.8, 4) is 0 Å². The fourth-order valence-electron chi connectivity index (χ4n) is 1.56. The molecule has 0 saturated heterocycles. The summed E-state index contributed by atoms with van der Waals surface area (Å²) in [5.74, 6) is 1.06. The number of nitrogens with zero attached hydrogens (tertiary/aromatic N) is 2. The molecule has 0 aliphatic rings. The highest BCUT2D eigenvalue weighted by atomic mass is 19.1. The van der Waals surface area contributed by atoms with E-state index in [2.05, 4.69) is 27.5 Å². The molecule has 1 aromatic heterocycles. The minimum absolute atomic E-state index is 0.254. The van der Waals surface area contributed by atoms with E-state index < -0.39 is 0 Å². The van der Waals surface area contributed by atoms with Crippen LogP contribution in [0, 0.1) is 12.7 Å². The summed E-state index contributed by atoms with van der Waals surface area (Å²) in [7, 11) is 0. The number of hydrogen-bond acceptors (Lipinski definition) is 4. The summed E-state index contributed by atoms with van der Waals surface area (Å²) >= 11 is 0. The van der Waals surface area contributed by atoms with E-state index in [9.17, 15) is 4.39 Å². The highest BCUT2D eigenvalue weighted by molar-refractivity contribution is 5.59. The molecule has 0 aliphatic carbocycles. The van der Waals surface area contributed by atoms with Crippen molar-refractivity contribution in [3.05, 3.63) is 41.8 Å². The van der Waals surface area contributed by atoms with Crippen molar-refractivity contribution >= 4 is 17.5 Å². The van der Waals surface area contributed by atoms with Gasteiger partial charge in [0.15, 0.2) is 0 Å². The molecule has 2 N–H and O–H groups in total. The third-order valence-electron chi connectivity index (χ3n) is 2.61. The first-order valence-electron chi connectivity index (χ1n) is 6.29. The zero-order chi connectivity index (χ0) is 13.7. The van der Waals surface area contributed by atoms with E-state index in [1.807, 2.05) is 6.92 Å². The third-order valence-corrected chi connectivity index (χ3v) is 2.61. The minimum Gasteiger partial charge on any atom is -0.354 e. The summed E-state index contributed by atoms with van der Waals surface area (Å²) in [6.45, 7) is 4.84. The predicted molar refractivity (Wildman–Crippen MR) is 75.2 cm³/mol. The SMILES string of the molecule is CCCNc1ncc(C)c(Nc2ccc(F)cc2)n1. The molecule has 1 aromatic carbocycles. The molecule has 0 amide bonds. The van der Waals surface area contributed by atoms with Crippen molar-refractivity contribution in [2.45, 2.75) is 20.3 Å². The molecule has 0 bridgehead atoms. The maximum atomic E-state index is 12.8. The Bertz CT molecular complexity index is 540. The molecule has 0 fully saturated rings. The number of rotatable bonds is 5. The van der Waals surface area contributed by atoms with Crippen LogP contribution in [0.2, 0.25) is 0 Å². The van der Waals surface area contributed by atoms with Crippen LogP contribution in [0.25, 0.3) is 0 Å². The average Bonchev–Trinajstić information content (AvgIpc) is 2.42. The van der Waals surface area contributed by atoms with E-state index >= 15 is 0 Å². The summed E-state index contributed by atoms with van der Waals surface area (Å²) in [5, 5.41) is 6.29. The van der Waals surface area contributed by atoms with Gasteiger partial charge in [0.1, 0.15) is 11.6 Å². The molecule has 0 aliphatic heterocycles. The fourth-order valence-corrected chi connectivity index (χ4v) is 1.56. The van der Waals surface area contributed by atoms with Crippen LogP contribution in [0.4, 0.5) is 21.8 Å². The fraction of sp³-hybridized carbons (Fsp3) is 0.286. The van der Waals surface area contributed by atoms with Gasteiger partial charge in [-0.25, -0.2) is 9.37 Å².